The summed E-state index contributed by atoms with van der Waals surface area (Å²) in [7, 11) is 0. The van der Waals surface area contributed by atoms with E-state index < -0.39 is 11.6 Å². The van der Waals surface area contributed by atoms with E-state index in [1.165, 1.54) is 0 Å². The maximum Gasteiger partial charge on any atom is 0.340 e. The van der Waals surface area contributed by atoms with Crippen molar-refractivity contribution in [2.24, 2.45) is 0 Å². The van der Waals surface area contributed by atoms with Crippen LogP contribution >= 0.6 is 34.8 Å². The number of hydrogen-bond acceptors (Lipinski definition) is 5. The summed E-state index contributed by atoms with van der Waals surface area (Å²) < 4.78 is 12.7. The van der Waals surface area contributed by atoms with Crippen LogP contribution < -0.4 is 15.0 Å². The van der Waals surface area contributed by atoms with Crippen molar-refractivity contribution in [2.75, 3.05) is 23.3 Å². The third kappa shape index (κ3) is 3.72. The van der Waals surface area contributed by atoms with E-state index >= 15 is 0 Å². The third-order valence-electron chi connectivity index (χ3n) is 7.13. The highest BCUT2D eigenvalue weighted by molar-refractivity contribution is 6.43. The number of esters is 1. The monoisotopic (exact) mass is 564 g/mol. The number of carbonyl (C=O) groups is 1. The Labute approximate surface area is 235 Å². The van der Waals surface area contributed by atoms with Gasteiger partial charge in [0.2, 0.25) is 0 Å². The fraction of sp³-hybridized carbons (Fsp3) is 0.167. The number of nitrogens with zero attached hydrogens (tertiary/aromatic N) is 1. The molecule has 0 aliphatic carbocycles. The van der Waals surface area contributed by atoms with Crippen molar-refractivity contribution in [1.82, 2.24) is 0 Å². The predicted octanol–water partition coefficient (Wildman–Crippen LogP) is 8.80. The molecule has 8 heteroatoms. The van der Waals surface area contributed by atoms with Crippen molar-refractivity contribution in [1.29, 1.82) is 0 Å². The fourth-order valence-corrected chi connectivity index (χ4v) is 5.86. The van der Waals surface area contributed by atoms with Gasteiger partial charge in [0.05, 0.1) is 32.0 Å². The average Bonchev–Trinajstić information content (AvgIpc) is 3.21. The first-order valence-corrected chi connectivity index (χ1v) is 13.5. The number of ether oxygens (including phenoxy) is 2. The third-order valence-corrected chi connectivity index (χ3v) is 8.27. The van der Waals surface area contributed by atoms with E-state index in [9.17, 15) is 4.79 Å². The summed E-state index contributed by atoms with van der Waals surface area (Å²) in [6.45, 7) is 5.91. The Morgan fingerprint density at radius 3 is 2.34 bits per heavy atom. The van der Waals surface area contributed by atoms with Gasteiger partial charge in [0.1, 0.15) is 11.5 Å². The second-order valence-corrected chi connectivity index (χ2v) is 10.3. The van der Waals surface area contributed by atoms with Gasteiger partial charge in [-0.1, -0.05) is 59.1 Å². The quantitative estimate of drug-likeness (QED) is 0.245. The Balaban J connectivity index is 1.58. The van der Waals surface area contributed by atoms with Gasteiger partial charge in [0.25, 0.3) is 0 Å². The molecule has 0 saturated heterocycles. The summed E-state index contributed by atoms with van der Waals surface area (Å²) in [6.07, 6.45) is 0. The zero-order valence-electron chi connectivity index (χ0n) is 20.6. The summed E-state index contributed by atoms with van der Waals surface area (Å²) in [5.74, 6) is 0.724. The van der Waals surface area contributed by atoms with Crippen molar-refractivity contribution in [3.05, 3.63) is 110 Å². The summed E-state index contributed by atoms with van der Waals surface area (Å²) in [6, 6.07) is 22.4. The van der Waals surface area contributed by atoms with Gasteiger partial charge < -0.3 is 19.7 Å². The number of rotatable bonds is 5. The average molecular weight is 566 g/mol. The van der Waals surface area contributed by atoms with Gasteiger partial charge >= 0.3 is 5.97 Å². The molecule has 1 spiro atoms. The molecule has 1 atom stereocenters. The van der Waals surface area contributed by atoms with Crippen molar-refractivity contribution < 1.29 is 14.3 Å². The van der Waals surface area contributed by atoms with E-state index in [1.54, 1.807) is 24.3 Å². The first-order valence-electron chi connectivity index (χ1n) is 12.3. The summed E-state index contributed by atoms with van der Waals surface area (Å²) in [4.78, 5) is 15.4. The Bertz CT molecular complexity index is 1600. The Morgan fingerprint density at radius 1 is 0.789 bits per heavy atom. The van der Waals surface area contributed by atoms with Gasteiger partial charge in [-0.25, -0.2) is 4.79 Å². The highest BCUT2D eigenvalue weighted by atomic mass is 35.5. The molecule has 1 N–H and O–H groups in total. The highest BCUT2D eigenvalue weighted by Crippen LogP contribution is 2.58. The summed E-state index contributed by atoms with van der Waals surface area (Å²) in [5, 5.41) is 4.49. The van der Waals surface area contributed by atoms with Gasteiger partial charge in [0, 0.05) is 47.6 Å². The van der Waals surface area contributed by atoms with E-state index in [4.69, 9.17) is 44.3 Å². The van der Waals surface area contributed by atoms with E-state index in [0.29, 0.717) is 49.1 Å². The highest BCUT2D eigenvalue weighted by Gasteiger charge is 2.53. The fourth-order valence-electron chi connectivity index (χ4n) is 5.31. The molecule has 4 aromatic carbocycles. The molecule has 1 unspecified atom stereocenters. The van der Waals surface area contributed by atoms with Gasteiger partial charge in [-0.05, 0) is 50.2 Å². The first kappa shape index (κ1) is 24.9. The van der Waals surface area contributed by atoms with Crippen LogP contribution in [0.4, 0.5) is 17.1 Å². The molecular weight excluding hydrogens is 543 g/mol. The van der Waals surface area contributed by atoms with Crippen LogP contribution in [0, 0.1) is 0 Å². The minimum Gasteiger partial charge on any atom is -0.456 e. The van der Waals surface area contributed by atoms with Crippen molar-refractivity contribution in [3.63, 3.8) is 0 Å². The number of carbonyl (C=O) groups excluding carboxylic acids is 1. The minimum absolute atomic E-state index is 0.376. The van der Waals surface area contributed by atoms with Crippen molar-refractivity contribution in [3.8, 4) is 11.5 Å². The second kappa shape index (κ2) is 9.42. The molecule has 192 valence electrons. The van der Waals surface area contributed by atoms with E-state index in [2.05, 4.69) is 24.1 Å². The van der Waals surface area contributed by atoms with E-state index in [-0.39, 0.29) is 0 Å². The number of hydrogen-bond donors (Lipinski definition) is 1. The van der Waals surface area contributed by atoms with Crippen LogP contribution in [0.15, 0.2) is 72.8 Å². The largest absolute Gasteiger partial charge is 0.456 e. The van der Waals surface area contributed by atoms with E-state index in [0.717, 1.165) is 29.9 Å². The zero-order chi connectivity index (χ0) is 26.6. The van der Waals surface area contributed by atoms with Gasteiger partial charge in [-0.15, -0.1) is 0 Å². The van der Waals surface area contributed by atoms with Crippen LogP contribution in [-0.4, -0.2) is 19.1 Å². The topological polar surface area (TPSA) is 50.8 Å². The lowest BCUT2D eigenvalue weighted by atomic mass is 9.77. The molecule has 0 bridgehead atoms. The molecule has 2 aliphatic heterocycles. The molecular formula is C30H23Cl3N2O3. The second-order valence-electron chi connectivity index (χ2n) is 9.13. The van der Waals surface area contributed by atoms with E-state index in [1.807, 2.05) is 48.5 Å². The van der Waals surface area contributed by atoms with Crippen LogP contribution in [0.1, 0.15) is 40.9 Å². The Hall–Kier alpha value is -3.38. The van der Waals surface area contributed by atoms with Crippen molar-refractivity contribution >= 4 is 57.8 Å². The van der Waals surface area contributed by atoms with Crippen molar-refractivity contribution in [2.45, 2.75) is 19.4 Å². The number of anilines is 3. The summed E-state index contributed by atoms with van der Waals surface area (Å²) in [5.41, 5.74) is 3.64. The Kier molecular flexibility index (Phi) is 6.18. The molecule has 2 aliphatic rings. The van der Waals surface area contributed by atoms with Gasteiger partial charge in [0.15, 0.2) is 5.60 Å². The van der Waals surface area contributed by atoms with Gasteiger partial charge in [-0.2, -0.15) is 0 Å². The van der Waals surface area contributed by atoms with Crippen LogP contribution in [0.25, 0.3) is 0 Å². The number of fused-ring (bicyclic) bond motifs is 6. The first-order chi connectivity index (χ1) is 18.4. The number of nitrogens with one attached hydrogen (secondary N) is 1. The lowest BCUT2D eigenvalue weighted by Gasteiger charge is -2.37. The predicted molar refractivity (Wildman–Crippen MR) is 153 cm³/mol. The molecule has 0 saturated carbocycles. The molecule has 38 heavy (non-hydrogen) atoms. The minimum atomic E-state index is -1.21. The molecule has 0 radical (unpaired) electrons. The lowest BCUT2D eigenvalue weighted by Crippen LogP contribution is -2.33. The van der Waals surface area contributed by atoms with Crippen LogP contribution in [0.2, 0.25) is 15.1 Å². The van der Waals surface area contributed by atoms with Crippen LogP contribution in [-0.2, 0) is 10.3 Å². The molecule has 4 aromatic rings. The smallest absolute Gasteiger partial charge is 0.340 e. The maximum atomic E-state index is 13.2. The molecule has 0 amide bonds. The molecule has 0 aromatic heterocycles. The SMILES string of the molecule is CCN(CC)c1ccc2c(c1)Oc1cc(Cl)c(Nc3cccc(Cl)c3Cl)cc1C21OC(=O)c2ccccc21. The maximum absolute atomic E-state index is 13.2. The number of benzene rings is 4. The zero-order valence-corrected chi connectivity index (χ0v) is 22.9. The summed E-state index contributed by atoms with van der Waals surface area (Å²) >= 11 is 19.4. The molecule has 2 heterocycles. The molecule has 5 nitrogen and oxygen atoms in total. The Morgan fingerprint density at radius 2 is 1.55 bits per heavy atom. The normalized spacial score (nSPS) is 16.8. The standard InChI is InChI=1S/C30H23Cl3N2O3/c1-3-35(4-2)17-12-13-20-26(14-17)37-27-16-23(32)25(34-24-11-7-10-22(31)28(24)33)15-21(27)30(20)19-9-6-5-8-18(19)29(36)38-30/h5-16,34H,3-4H2,1-2H3. The van der Waals surface area contributed by atoms with Crippen LogP contribution in [0.3, 0.4) is 0 Å². The molecule has 6 rings (SSSR count). The molecule has 0 fully saturated rings. The van der Waals surface area contributed by atoms with Crippen LogP contribution in [0.5, 0.6) is 11.5 Å². The number of halogens is 3. The van der Waals surface area contributed by atoms with Gasteiger partial charge in [-0.3, -0.25) is 0 Å². The lowest BCUT2D eigenvalue weighted by molar-refractivity contribution is 0.0224.